The van der Waals surface area contributed by atoms with Gasteiger partial charge in [-0.15, -0.1) is 0 Å². The van der Waals surface area contributed by atoms with Crippen LogP contribution >= 0.6 is 11.6 Å². The second-order valence-electron chi connectivity index (χ2n) is 6.93. The summed E-state index contributed by atoms with van der Waals surface area (Å²) in [5, 5.41) is 10.5. The number of nitrogens with one attached hydrogen (secondary N) is 1. The summed E-state index contributed by atoms with van der Waals surface area (Å²) in [7, 11) is -4.15. The molecular formula is C16H20ClN5O4S. The molecule has 1 heterocycles. The fraction of sp³-hybridized carbons (Fsp3) is 0.312. The molecule has 2 rings (SSSR count). The molecule has 0 spiro atoms. The van der Waals surface area contributed by atoms with Gasteiger partial charge in [0, 0.05) is 17.0 Å². The predicted octanol–water partition coefficient (Wildman–Crippen LogP) is 1.57. The molecule has 27 heavy (non-hydrogen) atoms. The molecule has 0 radical (unpaired) electrons. The fourth-order valence-electron chi connectivity index (χ4n) is 2.37. The second kappa shape index (κ2) is 7.29. The minimum absolute atomic E-state index is 0.0945. The molecular weight excluding hydrogens is 394 g/mol. The van der Waals surface area contributed by atoms with Crippen LogP contribution in [0, 0.1) is 5.41 Å². The lowest BCUT2D eigenvalue weighted by atomic mass is 9.88. The van der Waals surface area contributed by atoms with E-state index in [9.17, 15) is 18.3 Å². The lowest BCUT2D eigenvalue weighted by Crippen LogP contribution is -2.48. The van der Waals surface area contributed by atoms with Gasteiger partial charge in [-0.2, -0.15) is 9.71 Å². The van der Waals surface area contributed by atoms with Crippen LogP contribution in [0.3, 0.4) is 0 Å². The zero-order chi connectivity index (χ0) is 20.6. The van der Waals surface area contributed by atoms with E-state index in [0.29, 0.717) is 10.8 Å². The van der Waals surface area contributed by atoms with E-state index in [-0.39, 0.29) is 21.7 Å². The van der Waals surface area contributed by atoms with Gasteiger partial charge in [0.05, 0.1) is 9.92 Å². The smallest absolute Gasteiger partial charge is 0.322 e. The van der Waals surface area contributed by atoms with Gasteiger partial charge in [-0.25, -0.2) is 13.4 Å². The van der Waals surface area contributed by atoms with E-state index in [4.69, 9.17) is 23.1 Å². The molecule has 0 aliphatic rings. The number of carbonyl (C=O) groups is 1. The zero-order valence-electron chi connectivity index (χ0n) is 14.9. The van der Waals surface area contributed by atoms with Gasteiger partial charge in [0.1, 0.15) is 6.04 Å². The number of hydrogen-bond donors (Lipinski definition) is 4. The van der Waals surface area contributed by atoms with E-state index in [1.807, 2.05) is 0 Å². The molecule has 6 N–H and O–H groups in total. The van der Waals surface area contributed by atoms with Crippen molar-refractivity contribution >= 4 is 50.1 Å². The number of benzene rings is 1. The summed E-state index contributed by atoms with van der Waals surface area (Å²) < 4.78 is 27.7. The maximum absolute atomic E-state index is 12.7. The summed E-state index contributed by atoms with van der Waals surface area (Å²) in [5.74, 6) is -1.44. The Balaban J connectivity index is 2.61. The Labute approximate surface area is 161 Å². The number of halogens is 1. The quantitative estimate of drug-likeness (QED) is 0.427. The van der Waals surface area contributed by atoms with E-state index in [1.54, 1.807) is 20.8 Å². The first-order valence-electron chi connectivity index (χ1n) is 7.76. The van der Waals surface area contributed by atoms with E-state index < -0.39 is 27.4 Å². The third-order valence-electron chi connectivity index (χ3n) is 3.72. The third kappa shape index (κ3) is 4.65. The normalized spacial score (nSPS) is 13.3. The van der Waals surface area contributed by atoms with Crippen LogP contribution in [0.5, 0.6) is 0 Å². The molecule has 0 amide bonds. The highest BCUT2D eigenvalue weighted by Crippen LogP contribution is 2.32. The van der Waals surface area contributed by atoms with E-state index >= 15 is 0 Å². The van der Waals surface area contributed by atoms with E-state index in [0.717, 1.165) is 0 Å². The molecule has 0 saturated heterocycles. The van der Waals surface area contributed by atoms with Crippen molar-refractivity contribution in [3.8, 4) is 0 Å². The van der Waals surface area contributed by atoms with Crippen molar-refractivity contribution in [2.24, 2.45) is 21.9 Å². The van der Waals surface area contributed by atoms with Gasteiger partial charge < -0.3 is 16.6 Å². The van der Waals surface area contributed by atoms with Gasteiger partial charge in [-0.1, -0.05) is 38.4 Å². The Morgan fingerprint density at radius 2 is 1.93 bits per heavy atom. The van der Waals surface area contributed by atoms with E-state index in [2.05, 4.69) is 14.7 Å². The van der Waals surface area contributed by atoms with Gasteiger partial charge in [0.2, 0.25) is 10.0 Å². The van der Waals surface area contributed by atoms with Crippen molar-refractivity contribution in [3.63, 3.8) is 0 Å². The number of aliphatic imine (C=N–C) groups is 1. The van der Waals surface area contributed by atoms with Crippen molar-refractivity contribution < 1.29 is 18.3 Å². The van der Waals surface area contributed by atoms with Crippen molar-refractivity contribution in [1.29, 1.82) is 0 Å². The largest absolute Gasteiger partial charge is 0.480 e. The Bertz CT molecular complexity index is 1030. The third-order valence-corrected chi connectivity index (χ3v) is 5.44. The molecule has 2 aromatic rings. The van der Waals surface area contributed by atoms with Gasteiger partial charge in [-0.05, 0) is 17.5 Å². The Morgan fingerprint density at radius 1 is 1.30 bits per heavy atom. The predicted molar refractivity (Wildman–Crippen MR) is 103 cm³/mol. The van der Waals surface area contributed by atoms with Crippen molar-refractivity contribution in [2.75, 3.05) is 0 Å². The highest BCUT2D eigenvalue weighted by atomic mass is 35.5. The topological polar surface area (TPSA) is 161 Å². The summed E-state index contributed by atoms with van der Waals surface area (Å²) >= 11 is 6.10. The zero-order valence-corrected chi connectivity index (χ0v) is 16.5. The summed E-state index contributed by atoms with van der Waals surface area (Å²) in [5.41, 5.74) is 9.92. The van der Waals surface area contributed by atoms with Crippen LogP contribution in [-0.2, 0) is 14.8 Å². The number of nitrogens with two attached hydrogens (primary N) is 2. The average Bonchev–Trinajstić information content (AvgIpc) is 2.53. The van der Waals surface area contributed by atoms with Gasteiger partial charge >= 0.3 is 5.97 Å². The molecule has 0 bridgehead atoms. The number of carboxylic acids is 1. The average molecular weight is 414 g/mol. The van der Waals surface area contributed by atoms with Crippen LogP contribution in [0.15, 0.2) is 34.3 Å². The summed E-state index contributed by atoms with van der Waals surface area (Å²) in [6.45, 7) is 4.86. The highest BCUT2D eigenvalue weighted by molar-refractivity contribution is 7.89. The molecule has 11 heteroatoms. The Kier molecular flexibility index (Phi) is 5.64. The molecule has 0 aliphatic heterocycles. The molecule has 0 saturated carbocycles. The molecule has 1 aromatic carbocycles. The SMILES string of the molecule is CC(C)(C)[C@@H](NS(=O)(=O)c1ccc2c(Cl)cnc(N=C(N)N)c2c1)C(=O)O. The number of carboxylic acid groups (broad SMARTS) is 1. The molecule has 9 nitrogen and oxygen atoms in total. The first kappa shape index (κ1) is 20.9. The van der Waals surface area contributed by atoms with Crippen molar-refractivity contribution in [1.82, 2.24) is 9.71 Å². The highest BCUT2D eigenvalue weighted by Gasteiger charge is 2.35. The first-order valence-corrected chi connectivity index (χ1v) is 9.62. The molecule has 0 aliphatic carbocycles. The van der Waals surface area contributed by atoms with Crippen LogP contribution in [0.2, 0.25) is 5.02 Å². The maximum Gasteiger partial charge on any atom is 0.322 e. The number of guanidine groups is 1. The van der Waals surface area contributed by atoms with Crippen molar-refractivity contribution in [2.45, 2.75) is 31.7 Å². The summed E-state index contributed by atoms with van der Waals surface area (Å²) in [6, 6.07) is 2.76. The Hall–Kier alpha value is -2.43. The number of aromatic nitrogens is 1. The molecule has 1 atom stereocenters. The van der Waals surface area contributed by atoms with E-state index in [1.165, 1.54) is 24.4 Å². The maximum atomic E-state index is 12.7. The summed E-state index contributed by atoms with van der Waals surface area (Å²) in [6.07, 6.45) is 1.35. The Morgan fingerprint density at radius 3 is 2.44 bits per heavy atom. The monoisotopic (exact) mass is 413 g/mol. The molecule has 1 aromatic heterocycles. The number of nitrogens with zero attached hydrogens (tertiary/aromatic N) is 2. The fourth-order valence-corrected chi connectivity index (χ4v) is 4.01. The summed E-state index contributed by atoms with van der Waals surface area (Å²) in [4.78, 5) is 19.2. The van der Waals surface area contributed by atoms with Crippen LogP contribution in [0.25, 0.3) is 10.8 Å². The number of fused-ring (bicyclic) bond motifs is 1. The second-order valence-corrected chi connectivity index (χ2v) is 9.05. The minimum Gasteiger partial charge on any atom is -0.480 e. The van der Waals surface area contributed by atoms with Gasteiger partial charge in [0.15, 0.2) is 11.8 Å². The number of rotatable bonds is 5. The van der Waals surface area contributed by atoms with Gasteiger partial charge in [0.25, 0.3) is 0 Å². The lowest BCUT2D eigenvalue weighted by Gasteiger charge is -2.27. The number of pyridine rings is 1. The van der Waals surface area contributed by atoms with Crippen LogP contribution in [0.4, 0.5) is 5.82 Å². The van der Waals surface area contributed by atoms with Crippen LogP contribution in [0.1, 0.15) is 20.8 Å². The molecule has 146 valence electrons. The van der Waals surface area contributed by atoms with Crippen LogP contribution in [-0.4, -0.2) is 36.5 Å². The molecule has 0 unspecified atom stereocenters. The van der Waals surface area contributed by atoms with Gasteiger partial charge in [-0.3, -0.25) is 4.79 Å². The molecule has 0 fully saturated rings. The number of sulfonamides is 1. The van der Waals surface area contributed by atoms with Crippen molar-refractivity contribution in [3.05, 3.63) is 29.4 Å². The van der Waals surface area contributed by atoms with Crippen LogP contribution < -0.4 is 16.2 Å². The minimum atomic E-state index is -4.15. The standard InChI is InChI=1S/C16H20ClN5O4S/c1-16(2,3)12(14(23)24)22-27(25,26)8-4-5-9-10(6-8)13(21-15(18)19)20-7-11(9)17/h4-7,12,22H,1-3H3,(H,23,24)(H4,18,19,20,21)/t12-/m0/s1. The number of hydrogen-bond acceptors (Lipinski definition) is 5. The number of aliphatic carboxylic acids is 1. The first-order chi connectivity index (χ1) is 12.3. The lowest BCUT2D eigenvalue weighted by molar-refractivity contribution is -0.141.